The first-order valence-corrected chi connectivity index (χ1v) is 6.64. The van der Waals surface area contributed by atoms with Crippen molar-refractivity contribution in [1.82, 2.24) is 14.7 Å². The predicted octanol–water partition coefficient (Wildman–Crippen LogP) is 1.33. The SMILES string of the molecule is Cc1nn(C)c(Cl)c1C=CC(=O)N1CC(CC(=O)O)C1. The Labute approximate surface area is 121 Å². The Balaban J connectivity index is 1.93. The van der Waals surface area contributed by atoms with Gasteiger partial charge in [-0.2, -0.15) is 5.10 Å². The number of aliphatic carboxylic acids is 1. The summed E-state index contributed by atoms with van der Waals surface area (Å²) in [6.45, 7) is 2.81. The molecule has 1 aromatic heterocycles. The number of amides is 1. The highest BCUT2D eigenvalue weighted by molar-refractivity contribution is 6.31. The van der Waals surface area contributed by atoms with Crippen molar-refractivity contribution in [2.75, 3.05) is 13.1 Å². The van der Waals surface area contributed by atoms with Gasteiger partial charge in [-0.05, 0) is 13.0 Å². The van der Waals surface area contributed by atoms with E-state index in [0.29, 0.717) is 18.2 Å². The van der Waals surface area contributed by atoms with Gasteiger partial charge in [0.15, 0.2) is 0 Å². The van der Waals surface area contributed by atoms with Crippen molar-refractivity contribution in [2.24, 2.45) is 13.0 Å². The van der Waals surface area contributed by atoms with Gasteiger partial charge in [0.1, 0.15) is 5.15 Å². The maximum absolute atomic E-state index is 11.9. The Morgan fingerprint density at radius 3 is 2.65 bits per heavy atom. The van der Waals surface area contributed by atoms with Crippen molar-refractivity contribution in [3.63, 3.8) is 0 Å². The standard InChI is InChI=1S/C13H16ClN3O3/c1-8-10(13(14)16(2)15-8)3-4-11(18)17-6-9(7-17)5-12(19)20/h3-4,9H,5-7H2,1-2H3,(H,19,20). The highest BCUT2D eigenvalue weighted by Gasteiger charge is 2.30. The largest absolute Gasteiger partial charge is 0.481 e. The number of carbonyl (C=O) groups excluding carboxylic acids is 1. The van der Waals surface area contributed by atoms with Gasteiger partial charge in [0.2, 0.25) is 5.91 Å². The molecule has 1 aliphatic heterocycles. The van der Waals surface area contributed by atoms with Gasteiger partial charge < -0.3 is 10.0 Å². The third-order valence-corrected chi connectivity index (χ3v) is 3.77. The molecule has 0 aromatic carbocycles. The molecule has 0 saturated carbocycles. The number of likely N-dealkylation sites (tertiary alicyclic amines) is 1. The summed E-state index contributed by atoms with van der Waals surface area (Å²) < 4.78 is 1.55. The fourth-order valence-corrected chi connectivity index (χ4v) is 2.46. The molecule has 2 heterocycles. The number of carboxylic acid groups (broad SMARTS) is 1. The smallest absolute Gasteiger partial charge is 0.303 e. The minimum Gasteiger partial charge on any atom is -0.481 e. The van der Waals surface area contributed by atoms with Crippen molar-refractivity contribution in [1.29, 1.82) is 0 Å². The summed E-state index contributed by atoms with van der Waals surface area (Å²) in [5.74, 6) is -0.894. The van der Waals surface area contributed by atoms with E-state index >= 15 is 0 Å². The molecule has 1 saturated heterocycles. The number of carbonyl (C=O) groups is 2. The van der Waals surface area contributed by atoms with Crippen LogP contribution in [0.5, 0.6) is 0 Å². The fourth-order valence-electron chi connectivity index (χ4n) is 2.22. The molecular formula is C13H16ClN3O3. The average molecular weight is 298 g/mol. The van der Waals surface area contributed by atoms with Gasteiger partial charge in [0.05, 0.1) is 12.1 Å². The van der Waals surface area contributed by atoms with Crippen LogP contribution in [0.15, 0.2) is 6.08 Å². The van der Waals surface area contributed by atoms with Crippen molar-refractivity contribution >= 4 is 29.6 Å². The summed E-state index contributed by atoms with van der Waals surface area (Å²) >= 11 is 6.06. The molecule has 1 aromatic rings. The molecule has 0 aliphatic carbocycles. The van der Waals surface area contributed by atoms with E-state index in [4.69, 9.17) is 16.7 Å². The summed E-state index contributed by atoms with van der Waals surface area (Å²) in [4.78, 5) is 24.0. The normalized spacial score (nSPS) is 15.7. The molecule has 20 heavy (non-hydrogen) atoms. The topological polar surface area (TPSA) is 75.4 Å². The summed E-state index contributed by atoms with van der Waals surface area (Å²) in [6.07, 6.45) is 3.21. The van der Waals surface area contributed by atoms with Crippen LogP contribution < -0.4 is 0 Å². The van der Waals surface area contributed by atoms with Gasteiger partial charge in [-0.3, -0.25) is 14.3 Å². The third kappa shape index (κ3) is 3.01. The molecule has 0 atom stereocenters. The minimum absolute atomic E-state index is 0.0635. The molecule has 7 heteroatoms. The van der Waals surface area contributed by atoms with E-state index in [0.717, 1.165) is 11.3 Å². The van der Waals surface area contributed by atoms with Crippen LogP contribution in [-0.4, -0.2) is 44.8 Å². The number of halogens is 1. The van der Waals surface area contributed by atoms with E-state index in [1.807, 2.05) is 6.92 Å². The second kappa shape index (κ2) is 5.66. The summed E-state index contributed by atoms with van der Waals surface area (Å²) in [5.41, 5.74) is 1.49. The number of nitrogens with zero attached hydrogens (tertiary/aromatic N) is 3. The van der Waals surface area contributed by atoms with Crippen LogP contribution >= 0.6 is 11.6 Å². The van der Waals surface area contributed by atoms with Crippen molar-refractivity contribution in [3.8, 4) is 0 Å². The first kappa shape index (κ1) is 14.6. The van der Waals surface area contributed by atoms with E-state index in [1.165, 1.54) is 6.08 Å². The molecule has 1 N–H and O–H groups in total. The molecule has 1 fully saturated rings. The first-order chi connectivity index (χ1) is 9.38. The van der Waals surface area contributed by atoms with Gasteiger partial charge in [-0.1, -0.05) is 11.6 Å². The lowest BCUT2D eigenvalue weighted by Crippen LogP contribution is -2.49. The van der Waals surface area contributed by atoms with Gasteiger partial charge in [0.25, 0.3) is 0 Å². The first-order valence-electron chi connectivity index (χ1n) is 6.26. The Hall–Kier alpha value is -1.82. The van der Waals surface area contributed by atoms with Gasteiger partial charge in [0, 0.05) is 37.7 Å². The lowest BCUT2D eigenvalue weighted by molar-refractivity contribution is -0.143. The Bertz CT molecular complexity index is 574. The molecule has 1 amide bonds. The van der Waals surface area contributed by atoms with Crippen LogP contribution in [0.3, 0.4) is 0 Å². The van der Waals surface area contributed by atoms with E-state index in [2.05, 4.69) is 5.10 Å². The van der Waals surface area contributed by atoms with Gasteiger partial charge in [-0.15, -0.1) is 0 Å². The minimum atomic E-state index is -0.824. The Kier molecular flexibility index (Phi) is 4.13. The fraction of sp³-hybridized carbons (Fsp3) is 0.462. The summed E-state index contributed by atoms with van der Waals surface area (Å²) in [7, 11) is 1.74. The monoisotopic (exact) mass is 297 g/mol. The lowest BCUT2D eigenvalue weighted by atomic mass is 9.96. The van der Waals surface area contributed by atoms with Crippen LogP contribution in [-0.2, 0) is 16.6 Å². The molecule has 2 rings (SSSR count). The second-order valence-electron chi connectivity index (χ2n) is 4.95. The van der Waals surface area contributed by atoms with Gasteiger partial charge in [-0.25, -0.2) is 0 Å². The zero-order valence-electron chi connectivity index (χ0n) is 11.3. The van der Waals surface area contributed by atoms with Crippen LogP contribution in [0.2, 0.25) is 5.15 Å². The maximum Gasteiger partial charge on any atom is 0.303 e. The quantitative estimate of drug-likeness (QED) is 0.851. The third-order valence-electron chi connectivity index (χ3n) is 3.32. The van der Waals surface area contributed by atoms with E-state index in [-0.39, 0.29) is 18.2 Å². The van der Waals surface area contributed by atoms with Crippen LogP contribution in [0.4, 0.5) is 0 Å². The number of aromatic nitrogens is 2. The van der Waals surface area contributed by atoms with E-state index in [9.17, 15) is 9.59 Å². The summed E-state index contributed by atoms with van der Waals surface area (Å²) in [6, 6.07) is 0. The molecule has 0 radical (unpaired) electrons. The van der Waals surface area contributed by atoms with Crippen LogP contribution in [0, 0.1) is 12.8 Å². The number of carboxylic acids is 1. The number of hydrogen-bond donors (Lipinski definition) is 1. The van der Waals surface area contributed by atoms with E-state index < -0.39 is 5.97 Å². The van der Waals surface area contributed by atoms with E-state index in [1.54, 1.807) is 22.7 Å². The Morgan fingerprint density at radius 1 is 1.50 bits per heavy atom. The molecule has 108 valence electrons. The van der Waals surface area contributed by atoms with Crippen molar-refractivity contribution in [3.05, 3.63) is 22.5 Å². The lowest BCUT2D eigenvalue weighted by Gasteiger charge is -2.37. The predicted molar refractivity (Wildman–Crippen MR) is 74.3 cm³/mol. The molecule has 6 nitrogen and oxygen atoms in total. The molecule has 0 bridgehead atoms. The van der Waals surface area contributed by atoms with Crippen molar-refractivity contribution < 1.29 is 14.7 Å². The Morgan fingerprint density at radius 2 is 2.15 bits per heavy atom. The number of aryl methyl sites for hydroxylation is 2. The van der Waals surface area contributed by atoms with Crippen LogP contribution in [0.1, 0.15) is 17.7 Å². The summed E-state index contributed by atoms with van der Waals surface area (Å²) in [5, 5.41) is 13.3. The highest BCUT2D eigenvalue weighted by Crippen LogP contribution is 2.22. The zero-order chi connectivity index (χ0) is 14.9. The number of rotatable bonds is 4. The van der Waals surface area contributed by atoms with Gasteiger partial charge >= 0.3 is 5.97 Å². The second-order valence-corrected chi connectivity index (χ2v) is 5.31. The van der Waals surface area contributed by atoms with Crippen molar-refractivity contribution in [2.45, 2.75) is 13.3 Å². The molecule has 0 unspecified atom stereocenters. The highest BCUT2D eigenvalue weighted by atomic mass is 35.5. The molecule has 0 spiro atoms. The average Bonchev–Trinajstić information content (AvgIpc) is 2.55. The molecule has 1 aliphatic rings. The zero-order valence-corrected chi connectivity index (χ0v) is 12.1. The van der Waals surface area contributed by atoms with Crippen LogP contribution in [0.25, 0.3) is 6.08 Å². The molecular weight excluding hydrogens is 282 g/mol. The number of hydrogen-bond acceptors (Lipinski definition) is 3. The maximum atomic E-state index is 11.9.